The highest BCUT2D eigenvalue weighted by Crippen LogP contribution is 2.26. The average molecular weight is 333 g/mol. The van der Waals surface area contributed by atoms with E-state index in [-0.39, 0.29) is 5.91 Å². The number of benzene rings is 2. The van der Waals surface area contributed by atoms with Crippen molar-refractivity contribution in [2.24, 2.45) is 0 Å². The summed E-state index contributed by atoms with van der Waals surface area (Å²) >= 11 is 12.2. The number of aromatic amines is 1. The average Bonchev–Trinajstić information content (AvgIpc) is 2.95. The number of aromatic nitrogens is 1. The largest absolute Gasteiger partial charge is 0.351 e. The van der Waals surface area contributed by atoms with E-state index in [4.69, 9.17) is 23.2 Å². The maximum atomic E-state index is 12.5. The lowest BCUT2D eigenvalue weighted by atomic mass is 10.2. The Morgan fingerprint density at radius 1 is 1.14 bits per heavy atom. The summed E-state index contributed by atoms with van der Waals surface area (Å²) in [5.74, 6) is -0.0905. The molecule has 0 spiro atoms. The molecule has 0 bridgehead atoms. The fourth-order valence-corrected chi connectivity index (χ4v) is 2.77. The molecule has 3 nitrogen and oxygen atoms in total. The van der Waals surface area contributed by atoms with Gasteiger partial charge in [0.2, 0.25) is 0 Å². The monoisotopic (exact) mass is 332 g/mol. The van der Waals surface area contributed by atoms with Crippen LogP contribution in [0.15, 0.2) is 48.5 Å². The van der Waals surface area contributed by atoms with E-state index in [0.717, 1.165) is 16.5 Å². The van der Waals surface area contributed by atoms with E-state index in [2.05, 4.69) is 4.98 Å². The molecule has 22 heavy (non-hydrogen) atoms. The second kappa shape index (κ2) is 6.03. The first-order valence-electron chi connectivity index (χ1n) is 6.82. The van der Waals surface area contributed by atoms with Gasteiger partial charge in [-0.3, -0.25) is 4.79 Å². The van der Waals surface area contributed by atoms with E-state index in [1.54, 1.807) is 18.0 Å². The predicted molar refractivity (Wildman–Crippen MR) is 90.6 cm³/mol. The molecule has 0 unspecified atom stereocenters. The van der Waals surface area contributed by atoms with Crippen molar-refractivity contribution in [2.45, 2.75) is 6.54 Å². The van der Waals surface area contributed by atoms with Crippen LogP contribution in [0.5, 0.6) is 0 Å². The van der Waals surface area contributed by atoms with E-state index in [9.17, 15) is 4.79 Å². The van der Waals surface area contributed by atoms with Crippen molar-refractivity contribution in [3.8, 4) is 0 Å². The predicted octanol–water partition coefficient (Wildman–Crippen LogP) is 4.75. The van der Waals surface area contributed by atoms with Crippen LogP contribution in [0.3, 0.4) is 0 Å². The van der Waals surface area contributed by atoms with Gasteiger partial charge in [-0.25, -0.2) is 0 Å². The van der Waals surface area contributed by atoms with Crippen molar-refractivity contribution >= 4 is 40.0 Å². The van der Waals surface area contributed by atoms with Crippen molar-refractivity contribution in [3.63, 3.8) is 0 Å². The van der Waals surface area contributed by atoms with Crippen LogP contribution < -0.4 is 0 Å². The maximum absolute atomic E-state index is 12.5. The van der Waals surface area contributed by atoms with Crippen LogP contribution in [0.1, 0.15) is 16.1 Å². The molecule has 0 saturated heterocycles. The highest BCUT2D eigenvalue weighted by molar-refractivity contribution is 6.42. The molecule has 1 aromatic heterocycles. The summed E-state index contributed by atoms with van der Waals surface area (Å²) in [5.41, 5.74) is 2.32. The zero-order valence-corrected chi connectivity index (χ0v) is 13.4. The molecule has 1 N–H and O–H groups in total. The van der Waals surface area contributed by atoms with Crippen LogP contribution >= 0.6 is 23.2 Å². The SMILES string of the molecule is CN(Cc1cccc(Cl)c1Cl)C(=O)c1cc2ccccc2[nH]1. The number of fused-ring (bicyclic) bond motifs is 1. The lowest BCUT2D eigenvalue weighted by Crippen LogP contribution is -2.26. The molecule has 5 heteroatoms. The minimum atomic E-state index is -0.0905. The molecule has 112 valence electrons. The highest BCUT2D eigenvalue weighted by Gasteiger charge is 2.16. The van der Waals surface area contributed by atoms with Gasteiger partial charge in [-0.1, -0.05) is 53.5 Å². The number of para-hydroxylation sites is 1. The fourth-order valence-electron chi connectivity index (χ4n) is 2.39. The van der Waals surface area contributed by atoms with Gasteiger partial charge in [-0.2, -0.15) is 0 Å². The lowest BCUT2D eigenvalue weighted by Gasteiger charge is -2.17. The Bertz CT molecular complexity index is 809. The number of H-pyrrole nitrogens is 1. The number of nitrogens with zero attached hydrogens (tertiary/aromatic N) is 1. The van der Waals surface area contributed by atoms with Gasteiger partial charge < -0.3 is 9.88 Å². The Balaban J connectivity index is 1.83. The third-order valence-electron chi connectivity index (χ3n) is 3.55. The van der Waals surface area contributed by atoms with Gasteiger partial charge in [0.05, 0.1) is 10.0 Å². The van der Waals surface area contributed by atoms with Crippen molar-refractivity contribution in [3.05, 3.63) is 69.8 Å². The molecule has 0 fully saturated rings. The molecule has 0 atom stereocenters. The number of carbonyl (C=O) groups is 1. The first-order chi connectivity index (χ1) is 10.6. The van der Waals surface area contributed by atoms with Crippen molar-refractivity contribution in [2.75, 3.05) is 7.05 Å². The summed E-state index contributed by atoms with van der Waals surface area (Å²) in [7, 11) is 1.74. The molecular formula is C17H14Cl2N2O. The third-order valence-corrected chi connectivity index (χ3v) is 4.40. The molecule has 3 rings (SSSR count). The Morgan fingerprint density at radius 3 is 2.68 bits per heavy atom. The van der Waals surface area contributed by atoms with Gasteiger partial charge >= 0.3 is 0 Å². The summed E-state index contributed by atoms with van der Waals surface area (Å²) in [6.45, 7) is 0.396. The van der Waals surface area contributed by atoms with Gasteiger partial charge in [-0.15, -0.1) is 0 Å². The number of amides is 1. The van der Waals surface area contributed by atoms with Crippen molar-refractivity contribution in [1.29, 1.82) is 0 Å². The van der Waals surface area contributed by atoms with Gasteiger partial charge in [0.25, 0.3) is 5.91 Å². The zero-order valence-electron chi connectivity index (χ0n) is 11.9. The minimum Gasteiger partial charge on any atom is -0.351 e. The number of halogens is 2. The number of nitrogens with one attached hydrogen (secondary N) is 1. The normalized spacial score (nSPS) is 10.9. The summed E-state index contributed by atoms with van der Waals surface area (Å²) in [6, 6.07) is 15.1. The van der Waals surface area contributed by atoms with E-state index < -0.39 is 0 Å². The second-order valence-corrected chi connectivity index (χ2v) is 5.93. The molecule has 0 aliphatic rings. The molecule has 0 radical (unpaired) electrons. The summed E-state index contributed by atoms with van der Waals surface area (Å²) in [5, 5.41) is 1.99. The van der Waals surface area contributed by atoms with Crippen LogP contribution in [-0.2, 0) is 6.54 Å². The van der Waals surface area contributed by atoms with E-state index in [1.165, 1.54) is 0 Å². The molecule has 0 saturated carbocycles. The minimum absolute atomic E-state index is 0.0905. The van der Waals surface area contributed by atoms with Crippen LogP contribution in [0.2, 0.25) is 10.0 Å². The highest BCUT2D eigenvalue weighted by atomic mass is 35.5. The number of rotatable bonds is 3. The molecule has 1 heterocycles. The summed E-state index contributed by atoms with van der Waals surface area (Å²) in [6.07, 6.45) is 0. The van der Waals surface area contributed by atoms with Crippen molar-refractivity contribution in [1.82, 2.24) is 9.88 Å². The van der Waals surface area contributed by atoms with Crippen LogP contribution in [0.4, 0.5) is 0 Å². The van der Waals surface area contributed by atoms with Crippen LogP contribution in [0.25, 0.3) is 10.9 Å². The standard InChI is InChI=1S/C17H14Cl2N2O/c1-21(10-12-6-4-7-13(18)16(12)19)17(22)15-9-11-5-2-3-8-14(11)20-15/h2-9,20H,10H2,1H3. The molecule has 1 amide bonds. The first-order valence-corrected chi connectivity index (χ1v) is 7.58. The quantitative estimate of drug-likeness (QED) is 0.738. The maximum Gasteiger partial charge on any atom is 0.270 e. The Hall–Kier alpha value is -1.97. The first kappa shape index (κ1) is 14.9. The van der Waals surface area contributed by atoms with Gasteiger partial charge in [-0.05, 0) is 23.8 Å². The van der Waals surface area contributed by atoms with E-state index in [1.807, 2.05) is 42.5 Å². The number of carbonyl (C=O) groups excluding carboxylic acids is 1. The molecule has 3 aromatic rings. The Labute approximate surface area is 138 Å². The Kier molecular flexibility index (Phi) is 4.10. The fraction of sp³-hybridized carbons (Fsp3) is 0.118. The van der Waals surface area contributed by atoms with E-state index in [0.29, 0.717) is 22.3 Å². The van der Waals surface area contributed by atoms with E-state index >= 15 is 0 Å². The third kappa shape index (κ3) is 2.82. The number of hydrogen-bond acceptors (Lipinski definition) is 1. The Morgan fingerprint density at radius 2 is 1.91 bits per heavy atom. The second-order valence-electron chi connectivity index (χ2n) is 5.14. The van der Waals surface area contributed by atoms with Gasteiger partial charge in [0, 0.05) is 24.5 Å². The summed E-state index contributed by atoms with van der Waals surface area (Å²) < 4.78 is 0. The zero-order chi connectivity index (χ0) is 15.7. The smallest absolute Gasteiger partial charge is 0.270 e. The topological polar surface area (TPSA) is 36.1 Å². The number of hydrogen-bond donors (Lipinski definition) is 1. The summed E-state index contributed by atoms with van der Waals surface area (Å²) in [4.78, 5) is 17.3. The molecule has 0 aliphatic heterocycles. The van der Waals surface area contributed by atoms with Crippen molar-refractivity contribution < 1.29 is 4.79 Å². The molecular weight excluding hydrogens is 319 g/mol. The van der Waals surface area contributed by atoms with Crippen LogP contribution in [0, 0.1) is 0 Å². The van der Waals surface area contributed by atoms with Crippen LogP contribution in [-0.4, -0.2) is 22.8 Å². The lowest BCUT2D eigenvalue weighted by molar-refractivity contribution is 0.0780. The van der Waals surface area contributed by atoms with Gasteiger partial charge in [0.15, 0.2) is 0 Å². The molecule has 0 aliphatic carbocycles. The van der Waals surface area contributed by atoms with Gasteiger partial charge in [0.1, 0.15) is 5.69 Å². The molecule has 2 aromatic carbocycles.